The zero-order chi connectivity index (χ0) is 13.9. The molecule has 3 heteroatoms. The molecular formula is C17H23BrClN. The normalized spacial score (nSPS) is 26.7. The fraction of sp³-hybridized carbons (Fsp3) is 0.647. The molecular weight excluding hydrogens is 334 g/mol. The van der Waals surface area contributed by atoms with Crippen LogP contribution in [-0.2, 0) is 6.42 Å². The Balaban J connectivity index is 1.62. The van der Waals surface area contributed by atoms with Crippen molar-refractivity contribution >= 4 is 27.5 Å². The topological polar surface area (TPSA) is 12.0 Å². The molecule has 1 nitrogen and oxygen atoms in total. The van der Waals surface area contributed by atoms with Gasteiger partial charge < -0.3 is 5.32 Å². The molecule has 20 heavy (non-hydrogen) atoms. The summed E-state index contributed by atoms with van der Waals surface area (Å²) in [5.41, 5.74) is 1.32. The monoisotopic (exact) mass is 355 g/mol. The van der Waals surface area contributed by atoms with E-state index in [1.807, 2.05) is 6.07 Å². The molecule has 2 unspecified atom stereocenters. The van der Waals surface area contributed by atoms with Crippen LogP contribution in [0.15, 0.2) is 22.7 Å². The average Bonchev–Trinajstić information content (AvgIpc) is 3.25. The summed E-state index contributed by atoms with van der Waals surface area (Å²) >= 11 is 9.87. The van der Waals surface area contributed by atoms with E-state index < -0.39 is 0 Å². The molecule has 1 N–H and O–H groups in total. The van der Waals surface area contributed by atoms with E-state index in [1.165, 1.54) is 50.6 Å². The Kier molecular flexibility index (Phi) is 5.06. The van der Waals surface area contributed by atoms with E-state index in [4.69, 9.17) is 11.6 Å². The van der Waals surface area contributed by atoms with E-state index in [1.54, 1.807) is 0 Å². The molecule has 2 aliphatic rings. The third-order valence-electron chi connectivity index (χ3n) is 4.81. The zero-order valence-electron chi connectivity index (χ0n) is 11.9. The van der Waals surface area contributed by atoms with Gasteiger partial charge in [0.15, 0.2) is 0 Å². The fourth-order valence-electron chi connectivity index (χ4n) is 3.40. The van der Waals surface area contributed by atoms with E-state index in [0.29, 0.717) is 0 Å². The van der Waals surface area contributed by atoms with Crippen molar-refractivity contribution in [1.82, 2.24) is 5.32 Å². The number of halogens is 2. The quantitative estimate of drug-likeness (QED) is 0.764. The second-order valence-electron chi connectivity index (χ2n) is 6.43. The van der Waals surface area contributed by atoms with Gasteiger partial charge in [-0.3, -0.25) is 0 Å². The maximum atomic E-state index is 6.39. The second-order valence-corrected chi connectivity index (χ2v) is 7.75. The first kappa shape index (κ1) is 14.9. The first-order valence-electron chi connectivity index (χ1n) is 7.89. The lowest BCUT2D eigenvalue weighted by molar-refractivity contribution is 0.228. The Labute approximate surface area is 135 Å². The lowest BCUT2D eigenvalue weighted by atomic mass is 9.76. The molecule has 0 spiro atoms. The lowest BCUT2D eigenvalue weighted by Gasteiger charge is -2.32. The Morgan fingerprint density at radius 1 is 1.10 bits per heavy atom. The van der Waals surface area contributed by atoms with Crippen molar-refractivity contribution in [3.8, 4) is 0 Å². The van der Waals surface area contributed by atoms with E-state index in [0.717, 1.165) is 33.8 Å². The van der Waals surface area contributed by atoms with Crippen LogP contribution in [0.2, 0.25) is 5.02 Å². The van der Waals surface area contributed by atoms with Crippen molar-refractivity contribution in [3.63, 3.8) is 0 Å². The minimum Gasteiger partial charge on any atom is -0.314 e. The molecule has 0 radical (unpaired) electrons. The van der Waals surface area contributed by atoms with Gasteiger partial charge in [-0.25, -0.2) is 0 Å². The predicted octanol–water partition coefficient (Wildman–Crippen LogP) is 5.20. The van der Waals surface area contributed by atoms with Gasteiger partial charge in [0, 0.05) is 15.5 Å². The summed E-state index contributed by atoms with van der Waals surface area (Å²) in [6.45, 7) is 1.21. The minimum absolute atomic E-state index is 0.800. The summed E-state index contributed by atoms with van der Waals surface area (Å²) in [6, 6.07) is 7.15. The molecule has 0 aromatic heterocycles. The summed E-state index contributed by atoms with van der Waals surface area (Å²) in [5.74, 6) is 1.64. The maximum Gasteiger partial charge on any atom is 0.0449 e. The third-order valence-corrected chi connectivity index (χ3v) is 5.65. The number of rotatable bonds is 5. The Morgan fingerprint density at radius 2 is 1.85 bits per heavy atom. The number of hydrogen-bond donors (Lipinski definition) is 1. The smallest absolute Gasteiger partial charge is 0.0449 e. The van der Waals surface area contributed by atoms with Gasteiger partial charge in [-0.2, -0.15) is 0 Å². The van der Waals surface area contributed by atoms with Crippen LogP contribution in [0.25, 0.3) is 0 Å². The van der Waals surface area contributed by atoms with E-state index in [9.17, 15) is 0 Å². The standard InChI is InChI=1S/C17H23BrClN/c18-15-6-5-13(17(19)10-15)9-12-3-1-2-4-14(12)11-20-16-7-8-16/h5-6,10,12,14,16,20H,1-4,7-9,11H2. The van der Waals surface area contributed by atoms with Crippen LogP contribution in [0.3, 0.4) is 0 Å². The highest BCUT2D eigenvalue weighted by Gasteiger charge is 2.28. The van der Waals surface area contributed by atoms with Gasteiger partial charge in [-0.15, -0.1) is 0 Å². The van der Waals surface area contributed by atoms with Crippen molar-refractivity contribution < 1.29 is 0 Å². The van der Waals surface area contributed by atoms with Gasteiger partial charge >= 0.3 is 0 Å². The molecule has 3 rings (SSSR count). The van der Waals surface area contributed by atoms with Gasteiger partial charge in [0.05, 0.1) is 0 Å². The van der Waals surface area contributed by atoms with Crippen molar-refractivity contribution in [3.05, 3.63) is 33.3 Å². The van der Waals surface area contributed by atoms with Crippen molar-refractivity contribution in [2.75, 3.05) is 6.54 Å². The van der Waals surface area contributed by atoms with E-state index >= 15 is 0 Å². The molecule has 1 aromatic rings. The van der Waals surface area contributed by atoms with E-state index in [-0.39, 0.29) is 0 Å². The summed E-state index contributed by atoms with van der Waals surface area (Å²) in [6.07, 6.45) is 9.46. The van der Waals surface area contributed by atoms with Crippen LogP contribution < -0.4 is 5.32 Å². The molecule has 2 fully saturated rings. The molecule has 110 valence electrons. The van der Waals surface area contributed by atoms with Crippen LogP contribution in [-0.4, -0.2) is 12.6 Å². The second kappa shape index (κ2) is 6.81. The van der Waals surface area contributed by atoms with Gasteiger partial charge in [0.1, 0.15) is 0 Å². The van der Waals surface area contributed by atoms with Gasteiger partial charge in [-0.1, -0.05) is 46.4 Å². The first-order chi connectivity index (χ1) is 9.72. The summed E-state index contributed by atoms with van der Waals surface area (Å²) < 4.78 is 1.07. The Hall–Kier alpha value is -0.0500. The molecule has 0 saturated heterocycles. The van der Waals surface area contributed by atoms with Crippen LogP contribution in [0.5, 0.6) is 0 Å². The Bertz CT molecular complexity index is 458. The molecule has 2 aliphatic carbocycles. The minimum atomic E-state index is 0.800. The van der Waals surface area contributed by atoms with Crippen LogP contribution in [0, 0.1) is 11.8 Å². The molecule has 0 bridgehead atoms. The molecule has 1 aromatic carbocycles. The Morgan fingerprint density at radius 3 is 2.55 bits per heavy atom. The van der Waals surface area contributed by atoms with Crippen molar-refractivity contribution in [2.24, 2.45) is 11.8 Å². The lowest BCUT2D eigenvalue weighted by Crippen LogP contribution is -2.32. The summed E-state index contributed by atoms with van der Waals surface area (Å²) in [4.78, 5) is 0. The van der Waals surface area contributed by atoms with Crippen molar-refractivity contribution in [1.29, 1.82) is 0 Å². The molecule has 0 heterocycles. The average molecular weight is 357 g/mol. The third kappa shape index (κ3) is 3.99. The van der Waals surface area contributed by atoms with Gasteiger partial charge in [0.25, 0.3) is 0 Å². The molecule has 2 saturated carbocycles. The number of benzene rings is 1. The zero-order valence-corrected chi connectivity index (χ0v) is 14.2. The van der Waals surface area contributed by atoms with Crippen LogP contribution >= 0.6 is 27.5 Å². The SMILES string of the molecule is Clc1cc(Br)ccc1CC1CCCCC1CNC1CC1. The molecule has 0 aliphatic heterocycles. The number of hydrogen-bond acceptors (Lipinski definition) is 1. The molecule has 0 amide bonds. The highest BCUT2D eigenvalue weighted by molar-refractivity contribution is 9.10. The summed E-state index contributed by atoms with van der Waals surface area (Å²) in [5, 5.41) is 4.64. The fourth-order valence-corrected chi connectivity index (χ4v) is 4.15. The number of nitrogens with one attached hydrogen (secondary N) is 1. The molecule has 2 atom stereocenters. The first-order valence-corrected chi connectivity index (χ1v) is 9.07. The largest absolute Gasteiger partial charge is 0.314 e. The van der Waals surface area contributed by atoms with Gasteiger partial charge in [0.2, 0.25) is 0 Å². The summed E-state index contributed by atoms with van der Waals surface area (Å²) in [7, 11) is 0. The van der Waals surface area contributed by atoms with Crippen molar-refractivity contribution in [2.45, 2.75) is 51.0 Å². The van der Waals surface area contributed by atoms with Gasteiger partial charge in [-0.05, 0) is 68.2 Å². The highest BCUT2D eigenvalue weighted by atomic mass is 79.9. The van der Waals surface area contributed by atoms with Crippen LogP contribution in [0.4, 0.5) is 0 Å². The predicted molar refractivity (Wildman–Crippen MR) is 89.3 cm³/mol. The highest BCUT2D eigenvalue weighted by Crippen LogP contribution is 2.35. The van der Waals surface area contributed by atoms with Crippen LogP contribution in [0.1, 0.15) is 44.1 Å². The maximum absolute atomic E-state index is 6.39. The van der Waals surface area contributed by atoms with E-state index in [2.05, 4.69) is 33.4 Å².